The Morgan fingerprint density at radius 1 is 1.07 bits per heavy atom. The van der Waals surface area contributed by atoms with Crippen LogP contribution in [0, 0.1) is 0 Å². The van der Waals surface area contributed by atoms with Gasteiger partial charge in [0.05, 0.1) is 0 Å². The van der Waals surface area contributed by atoms with E-state index in [2.05, 4.69) is 15.6 Å². The molecule has 7 heteroatoms. The minimum absolute atomic E-state index is 0.159. The molecule has 1 amide bonds. The summed E-state index contributed by atoms with van der Waals surface area (Å²) in [5.74, 6) is 2.66. The number of anilines is 1. The van der Waals surface area contributed by atoms with Crippen molar-refractivity contribution in [3.8, 4) is 17.2 Å². The van der Waals surface area contributed by atoms with Crippen molar-refractivity contribution in [1.29, 1.82) is 0 Å². The van der Waals surface area contributed by atoms with Crippen molar-refractivity contribution >= 4 is 11.7 Å². The average Bonchev–Trinajstić information content (AvgIpc) is 3.38. The molecule has 7 nitrogen and oxygen atoms in total. The smallest absolute Gasteiger partial charge is 0.251 e. The summed E-state index contributed by atoms with van der Waals surface area (Å²) in [7, 11) is 0. The van der Waals surface area contributed by atoms with Crippen LogP contribution in [0.4, 0.5) is 5.82 Å². The molecule has 140 valence electrons. The zero-order valence-corrected chi connectivity index (χ0v) is 14.8. The van der Waals surface area contributed by atoms with Gasteiger partial charge in [-0.3, -0.25) is 4.79 Å². The summed E-state index contributed by atoms with van der Waals surface area (Å²) in [5, 5.41) is 6.14. The van der Waals surface area contributed by atoms with Crippen molar-refractivity contribution in [2.45, 2.75) is 12.8 Å². The molecule has 2 aromatic carbocycles. The molecular weight excluding hydrogens is 358 g/mol. The van der Waals surface area contributed by atoms with Crippen LogP contribution in [0.2, 0.25) is 0 Å². The van der Waals surface area contributed by atoms with Crippen LogP contribution in [0.3, 0.4) is 0 Å². The normalized spacial score (nSPS) is 16.1. The van der Waals surface area contributed by atoms with Crippen LogP contribution < -0.4 is 24.8 Å². The molecule has 0 radical (unpaired) electrons. The molecule has 1 atom stereocenters. The molecule has 2 N–H and O–H groups in total. The molecule has 0 spiro atoms. The zero-order chi connectivity index (χ0) is 18.9. The lowest BCUT2D eigenvalue weighted by atomic mass is 10.1. The van der Waals surface area contributed by atoms with Gasteiger partial charge in [-0.1, -0.05) is 18.2 Å². The van der Waals surface area contributed by atoms with Crippen LogP contribution >= 0.6 is 0 Å². The average molecular weight is 375 g/mol. The fourth-order valence-electron chi connectivity index (χ4n) is 3.20. The number of aromatic nitrogens is 1. The summed E-state index contributed by atoms with van der Waals surface area (Å²) in [6.45, 7) is 0.627. The Morgan fingerprint density at radius 3 is 2.93 bits per heavy atom. The van der Waals surface area contributed by atoms with Crippen molar-refractivity contribution in [2.75, 3.05) is 12.1 Å². The predicted molar refractivity (Wildman–Crippen MR) is 101 cm³/mol. The van der Waals surface area contributed by atoms with Gasteiger partial charge in [0.15, 0.2) is 29.3 Å². The fraction of sp³-hybridized carbons (Fsp3) is 0.143. The third-order valence-corrected chi connectivity index (χ3v) is 4.62. The van der Waals surface area contributed by atoms with E-state index in [1.165, 1.54) is 0 Å². The summed E-state index contributed by atoms with van der Waals surface area (Å²) < 4.78 is 16.5. The molecule has 0 fully saturated rings. The Balaban J connectivity index is 1.26. The van der Waals surface area contributed by atoms with Gasteiger partial charge in [-0.05, 0) is 42.0 Å². The Kier molecular flexibility index (Phi) is 3.97. The summed E-state index contributed by atoms with van der Waals surface area (Å²) >= 11 is 0. The first kappa shape index (κ1) is 16.4. The number of rotatable bonds is 4. The Bertz CT molecular complexity index is 1030. The number of hydrogen-bond acceptors (Lipinski definition) is 6. The third-order valence-electron chi connectivity index (χ3n) is 4.62. The quantitative estimate of drug-likeness (QED) is 0.729. The second kappa shape index (κ2) is 6.77. The van der Waals surface area contributed by atoms with E-state index >= 15 is 0 Å². The number of carbonyl (C=O) groups excluding carboxylic acids is 1. The number of amides is 1. The van der Waals surface area contributed by atoms with Gasteiger partial charge in [0, 0.05) is 23.9 Å². The van der Waals surface area contributed by atoms with Crippen LogP contribution in [0.25, 0.3) is 0 Å². The number of carbonyl (C=O) groups is 1. The predicted octanol–water partition coefficient (Wildman–Crippen LogP) is 3.24. The van der Waals surface area contributed by atoms with Crippen molar-refractivity contribution in [3.05, 3.63) is 77.5 Å². The van der Waals surface area contributed by atoms with Crippen LogP contribution in [0.1, 0.15) is 27.7 Å². The first-order chi connectivity index (χ1) is 13.8. The first-order valence-corrected chi connectivity index (χ1v) is 8.91. The highest BCUT2D eigenvalue weighted by atomic mass is 16.7. The fourth-order valence-corrected chi connectivity index (χ4v) is 3.20. The minimum atomic E-state index is -0.369. The largest absolute Gasteiger partial charge is 0.463 e. The molecule has 28 heavy (non-hydrogen) atoms. The lowest BCUT2D eigenvalue weighted by Crippen LogP contribution is -2.23. The Morgan fingerprint density at radius 2 is 2.00 bits per heavy atom. The Labute approximate surface area is 161 Å². The first-order valence-electron chi connectivity index (χ1n) is 8.91. The van der Waals surface area contributed by atoms with Crippen LogP contribution in [-0.2, 0) is 6.54 Å². The number of nitrogens with zero attached hydrogens (tertiary/aromatic N) is 1. The topological polar surface area (TPSA) is 81.7 Å². The molecular formula is C21H17N3O4. The summed E-state index contributed by atoms with van der Waals surface area (Å²) in [6.07, 6.45) is 1.34. The van der Waals surface area contributed by atoms with Crippen molar-refractivity contribution < 1.29 is 19.0 Å². The van der Waals surface area contributed by atoms with Gasteiger partial charge in [0.2, 0.25) is 6.79 Å². The number of ether oxygens (including phenoxy) is 3. The molecule has 0 aliphatic carbocycles. The van der Waals surface area contributed by atoms with Crippen molar-refractivity contribution in [3.63, 3.8) is 0 Å². The molecule has 0 saturated carbocycles. The number of benzene rings is 2. The Hall–Kier alpha value is -3.74. The molecule has 0 saturated heterocycles. The summed E-state index contributed by atoms with van der Waals surface area (Å²) in [6, 6.07) is 16.7. The molecule has 1 aromatic heterocycles. The monoisotopic (exact) mass is 375 g/mol. The highest BCUT2D eigenvalue weighted by molar-refractivity contribution is 5.94. The molecule has 2 aliphatic heterocycles. The van der Waals surface area contributed by atoms with E-state index in [0.717, 1.165) is 16.9 Å². The minimum Gasteiger partial charge on any atom is -0.463 e. The maximum atomic E-state index is 12.6. The van der Waals surface area contributed by atoms with Crippen LogP contribution in [0.15, 0.2) is 60.8 Å². The van der Waals surface area contributed by atoms with Gasteiger partial charge < -0.3 is 24.8 Å². The third kappa shape index (κ3) is 3.07. The van der Waals surface area contributed by atoms with E-state index in [4.69, 9.17) is 14.2 Å². The van der Waals surface area contributed by atoms with E-state index in [1.54, 1.807) is 12.3 Å². The van der Waals surface area contributed by atoms with Gasteiger partial charge in [-0.2, -0.15) is 0 Å². The molecule has 1 unspecified atom stereocenters. The molecule has 3 heterocycles. The van der Waals surface area contributed by atoms with Gasteiger partial charge >= 0.3 is 0 Å². The van der Waals surface area contributed by atoms with E-state index in [-0.39, 0.29) is 18.9 Å². The summed E-state index contributed by atoms with van der Waals surface area (Å²) in [5.41, 5.74) is 2.36. The number of pyridine rings is 1. The van der Waals surface area contributed by atoms with Gasteiger partial charge in [-0.25, -0.2) is 4.98 Å². The molecule has 3 aromatic rings. The highest BCUT2D eigenvalue weighted by Gasteiger charge is 2.24. The van der Waals surface area contributed by atoms with Gasteiger partial charge in [0.1, 0.15) is 0 Å². The van der Waals surface area contributed by atoms with E-state index in [1.807, 2.05) is 48.5 Å². The number of nitrogens with one attached hydrogen (secondary N) is 2. The van der Waals surface area contributed by atoms with E-state index < -0.39 is 0 Å². The number of hydrogen-bond donors (Lipinski definition) is 2. The van der Waals surface area contributed by atoms with Crippen molar-refractivity contribution in [1.82, 2.24) is 10.3 Å². The van der Waals surface area contributed by atoms with Gasteiger partial charge in [0.25, 0.3) is 5.91 Å². The number of fused-ring (bicyclic) bond motifs is 2. The lowest BCUT2D eigenvalue weighted by molar-refractivity contribution is 0.0950. The molecule has 2 aliphatic rings. The lowest BCUT2D eigenvalue weighted by Gasteiger charge is -2.13. The highest BCUT2D eigenvalue weighted by Crippen LogP contribution is 2.36. The van der Waals surface area contributed by atoms with Gasteiger partial charge in [-0.15, -0.1) is 0 Å². The van der Waals surface area contributed by atoms with Crippen LogP contribution in [0.5, 0.6) is 17.2 Å². The maximum absolute atomic E-state index is 12.6. The van der Waals surface area contributed by atoms with Crippen LogP contribution in [-0.4, -0.2) is 17.7 Å². The second-order valence-electron chi connectivity index (χ2n) is 6.49. The SMILES string of the molecule is O=C(NCc1ccc2c(c1)OCO2)c1cccc(C2Nc3ncccc3O2)c1. The van der Waals surface area contributed by atoms with E-state index in [0.29, 0.717) is 29.4 Å². The standard InChI is InChI=1S/C21H17N3O4/c25-20(23-11-13-6-7-16-18(9-13)27-12-26-16)14-3-1-4-15(10-14)21-24-19-17(28-21)5-2-8-22-19/h1-10,21H,11-12H2,(H,22,24)(H,23,25). The maximum Gasteiger partial charge on any atom is 0.251 e. The summed E-state index contributed by atoms with van der Waals surface area (Å²) in [4.78, 5) is 16.8. The zero-order valence-electron chi connectivity index (χ0n) is 14.8. The molecule has 0 bridgehead atoms. The van der Waals surface area contributed by atoms with Crippen molar-refractivity contribution in [2.24, 2.45) is 0 Å². The van der Waals surface area contributed by atoms with E-state index in [9.17, 15) is 4.79 Å². The molecule has 5 rings (SSSR count). The second-order valence-corrected chi connectivity index (χ2v) is 6.49.